The number of nitrogen functional groups attached to an aromatic ring is 1. The molecule has 3 heteroatoms. The standard InChI is InChI=1S/C18H25N3/c1-5-12-6-8-13(9-7-12)15-16(19)21(14-10-11-14)17(20-15)18(2,3)4/h6-9,14H,5,10-11,19H2,1-4H3. The molecular formula is C18H25N3. The zero-order valence-electron chi connectivity index (χ0n) is 13.5. The van der Waals surface area contributed by atoms with Crippen LogP contribution in [0.5, 0.6) is 0 Å². The molecule has 0 bridgehead atoms. The predicted octanol–water partition coefficient (Wildman–Crippen LogP) is 4.33. The highest BCUT2D eigenvalue weighted by Gasteiger charge is 2.34. The predicted molar refractivity (Wildman–Crippen MR) is 88.4 cm³/mol. The highest BCUT2D eigenvalue weighted by Crippen LogP contribution is 2.43. The molecule has 3 nitrogen and oxygen atoms in total. The second-order valence-corrected chi connectivity index (χ2v) is 7.07. The highest BCUT2D eigenvalue weighted by molar-refractivity contribution is 5.71. The van der Waals surface area contributed by atoms with E-state index in [1.165, 1.54) is 18.4 Å². The topological polar surface area (TPSA) is 43.8 Å². The van der Waals surface area contributed by atoms with Gasteiger partial charge in [-0.1, -0.05) is 52.0 Å². The number of nitrogens with zero attached hydrogens (tertiary/aromatic N) is 2. The molecule has 21 heavy (non-hydrogen) atoms. The van der Waals surface area contributed by atoms with Crippen LogP contribution in [0, 0.1) is 0 Å². The van der Waals surface area contributed by atoms with Gasteiger partial charge in [-0.2, -0.15) is 0 Å². The van der Waals surface area contributed by atoms with Crippen molar-refractivity contribution >= 4 is 5.82 Å². The SMILES string of the molecule is CCc1ccc(-c2nc(C(C)(C)C)n(C3CC3)c2N)cc1. The van der Waals surface area contributed by atoms with Gasteiger partial charge in [0.2, 0.25) is 0 Å². The van der Waals surface area contributed by atoms with Crippen molar-refractivity contribution in [3.63, 3.8) is 0 Å². The third-order valence-electron chi connectivity index (χ3n) is 4.17. The summed E-state index contributed by atoms with van der Waals surface area (Å²) in [5.41, 5.74) is 9.86. The minimum Gasteiger partial charge on any atom is -0.383 e. The largest absolute Gasteiger partial charge is 0.383 e. The summed E-state index contributed by atoms with van der Waals surface area (Å²) in [5.74, 6) is 1.93. The highest BCUT2D eigenvalue weighted by atomic mass is 15.2. The average molecular weight is 283 g/mol. The second kappa shape index (κ2) is 4.90. The first-order valence-corrected chi connectivity index (χ1v) is 7.89. The summed E-state index contributed by atoms with van der Waals surface area (Å²) in [7, 11) is 0. The van der Waals surface area contributed by atoms with Crippen molar-refractivity contribution in [2.75, 3.05) is 5.73 Å². The van der Waals surface area contributed by atoms with Crippen molar-refractivity contribution in [2.24, 2.45) is 0 Å². The summed E-state index contributed by atoms with van der Waals surface area (Å²) in [5, 5.41) is 0. The Morgan fingerprint density at radius 3 is 2.29 bits per heavy atom. The molecule has 1 aromatic heterocycles. The maximum absolute atomic E-state index is 6.44. The van der Waals surface area contributed by atoms with Gasteiger partial charge in [-0.15, -0.1) is 0 Å². The fourth-order valence-electron chi connectivity index (χ4n) is 2.79. The van der Waals surface area contributed by atoms with Gasteiger partial charge in [0.25, 0.3) is 0 Å². The molecule has 1 aromatic carbocycles. The molecule has 112 valence electrons. The molecule has 1 heterocycles. The Morgan fingerprint density at radius 2 is 1.81 bits per heavy atom. The molecule has 0 spiro atoms. The number of anilines is 1. The number of benzene rings is 1. The normalized spacial score (nSPS) is 15.4. The Bertz CT molecular complexity index is 640. The van der Waals surface area contributed by atoms with Crippen LogP contribution in [0.3, 0.4) is 0 Å². The summed E-state index contributed by atoms with van der Waals surface area (Å²) >= 11 is 0. The van der Waals surface area contributed by atoms with Crippen molar-refractivity contribution in [2.45, 2.75) is 58.4 Å². The molecule has 1 saturated carbocycles. The lowest BCUT2D eigenvalue weighted by Gasteiger charge is -2.20. The van der Waals surface area contributed by atoms with Crippen LogP contribution < -0.4 is 5.73 Å². The van der Waals surface area contributed by atoms with Crippen molar-refractivity contribution in [1.29, 1.82) is 0 Å². The molecule has 3 rings (SSSR count). The molecule has 0 atom stereocenters. The Morgan fingerprint density at radius 1 is 1.19 bits per heavy atom. The summed E-state index contributed by atoms with van der Waals surface area (Å²) in [6.45, 7) is 8.79. The van der Waals surface area contributed by atoms with E-state index in [-0.39, 0.29) is 5.41 Å². The summed E-state index contributed by atoms with van der Waals surface area (Å²) in [6.07, 6.45) is 3.50. The van der Waals surface area contributed by atoms with Crippen LogP contribution in [0.1, 0.15) is 58.0 Å². The van der Waals surface area contributed by atoms with Crippen molar-refractivity contribution in [3.05, 3.63) is 35.7 Å². The van der Waals surface area contributed by atoms with Crippen molar-refractivity contribution in [1.82, 2.24) is 9.55 Å². The van der Waals surface area contributed by atoms with Crippen molar-refractivity contribution in [3.8, 4) is 11.3 Å². The lowest BCUT2D eigenvalue weighted by atomic mass is 9.95. The summed E-state index contributed by atoms with van der Waals surface area (Å²) in [6, 6.07) is 9.17. The van der Waals surface area contributed by atoms with Gasteiger partial charge in [-0.05, 0) is 24.8 Å². The molecule has 0 amide bonds. The van der Waals surface area contributed by atoms with Gasteiger partial charge in [0.1, 0.15) is 17.3 Å². The Hall–Kier alpha value is -1.77. The van der Waals surface area contributed by atoms with Crippen LogP contribution in [0.2, 0.25) is 0 Å². The van der Waals surface area contributed by atoms with E-state index in [1.807, 2.05) is 0 Å². The van der Waals surface area contributed by atoms with E-state index in [9.17, 15) is 0 Å². The maximum Gasteiger partial charge on any atom is 0.132 e. The molecule has 2 N–H and O–H groups in total. The van der Waals surface area contributed by atoms with E-state index < -0.39 is 0 Å². The monoisotopic (exact) mass is 283 g/mol. The van der Waals surface area contributed by atoms with E-state index >= 15 is 0 Å². The lowest BCUT2D eigenvalue weighted by Crippen LogP contribution is -2.19. The van der Waals surface area contributed by atoms with Gasteiger partial charge in [-0.3, -0.25) is 0 Å². The van der Waals surface area contributed by atoms with E-state index in [0.717, 1.165) is 29.3 Å². The number of hydrogen-bond donors (Lipinski definition) is 1. The summed E-state index contributed by atoms with van der Waals surface area (Å²) in [4.78, 5) is 4.91. The van der Waals surface area contributed by atoms with Gasteiger partial charge < -0.3 is 10.3 Å². The van der Waals surface area contributed by atoms with E-state index in [4.69, 9.17) is 10.7 Å². The van der Waals surface area contributed by atoms with Gasteiger partial charge in [0.05, 0.1) is 0 Å². The van der Waals surface area contributed by atoms with Crippen LogP contribution in [0.25, 0.3) is 11.3 Å². The number of aryl methyl sites for hydroxylation is 1. The van der Waals surface area contributed by atoms with Crippen LogP contribution in [-0.4, -0.2) is 9.55 Å². The molecule has 1 fully saturated rings. The molecule has 2 aromatic rings. The second-order valence-electron chi connectivity index (χ2n) is 7.07. The zero-order chi connectivity index (χ0) is 15.2. The fraction of sp³-hybridized carbons (Fsp3) is 0.500. The number of rotatable bonds is 3. The minimum absolute atomic E-state index is 0.0122. The molecular weight excluding hydrogens is 258 g/mol. The third kappa shape index (κ3) is 2.57. The molecule has 0 unspecified atom stereocenters. The van der Waals surface area contributed by atoms with Crippen LogP contribution in [0.15, 0.2) is 24.3 Å². The Kier molecular flexibility index (Phi) is 3.31. The van der Waals surface area contributed by atoms with Gasteiger partial charge >= 0.3 is 0 Å². The third-order valence-corrected chi connectivity index (χ3v) is 4.17. The first kappa shape index (κ1) is 14.2. The quantitative estimate of drug-likeness (QED) is 0.911. The van der Waals surface area contributed by atoms with Crippen LogP contribution >= 0.6 is 0 Å². The fourth-order valence-corrected chi connectivity index (χ4v) is 2.79. The smallest absolute Gasteiger partial charge is 0.132 e. The first-order valence-electron chi connectivity index (χ1n) is 7.89. The van der Waals surface area contributed by atoms with Crippen molar-refractivity contribution < 1.29 is 0 Å². The number of imidazole rings is 1. The van der Waals surface area contributed by atoms with Gasteiger partial charge in [0.15, 0.2) is 0 Å². The Balaban J connectivity index is 2.10. The minimum atomic E-state index is 0.0122. The lowest BCUT2D eigenvalue weighted by molar-refractivity contribution is 0.504. The molecule has 0 aliphatic heterocycles. The van der Waals surface area contributed by atoms with Crippen LogP contribution in [0.4, 0.5) is 5.82 Å². The zero-order valence-corrected chi connectivity index (χ0v) is 13.5. The van der Waals surface area contributed by atoms with E-state index in [2.05, 4.69) is 56.5 Å². The van der Waals surface area contributed by atoms with Gasteiger partial charge in [0, 0.05) is 17.0 Å². The molecule has 1 aliphatic carbocycles. The molecule has 0 saturated heterocycles. The number of hydrogen-bond acceptors (Lipinski definition) is 2. The molecule has 1 aliphatic rings. The maximum atomic E-state index is 6.44. The Labute approximate surface area is 127 Å². The van der Waals surface area contributed by atoms with Gasteiger partial charge in [-0.25, -0.2) is 4.98 Å². The first-order chi connectivity index (χ1) is 9.91. The number of aromatic nitrogens is 2. The van der Waals surface area contributed by atoms with E-state index in [0.29, 0.717) is 6.04 Å². The molecule has 0 radical (unpaired) electrons. The number of nitrogens with two attached hydrogens (primary N) is 1. The van der Waals surface area contributed by atoms with Crippen LogP contribution in [-0.2, 0) is 11.8 Å². The summed E-state index contributed by atoms with van der Waals surface area (Å²) < 4.78 is 2.27. The van der Waals surface area contributed by atoms with E-state index in [1.54, 1.807) is 0 Å². The average Bonchev–Trinajstić information content (AvgIpc) is 3.21.